The third-order valence-electron chi connectivity index (χ3n) is 0.957. The lowest BCUT2D eigenvalue weighted by Gasteiger charge is -1.76. The van der Waals surface area contributed by atoms with Crippen molar-refractivity contribution in [1.82, 2.24) is 0 Å². The first kappa shape index (κ1) is 6.39. The molecule has 0 fully saturated rings. The number of rotatable bonds is 3. The van der Waals surface area contributed by atoms with Gasteiger partial charge in [0.2, 0.25) is 0 Å². The first-order valence-corrected chi connectivity index (χ1v) is 2.91. The van der Waals surface area contributed by atoms with Gasteiger partial charge in [0, 0.05) is 28.2 Å². The zero-order valence-corrected chi connectivity index (χ0v) is 4.83. The molecule has 0 aliphatic carbocycles. The first-order valence-electron chi connectivity index (χ1n) is 2.91. The van der Waals surface area contributed by atoms with Crippen LogP contribution in [0.15, 0.2) is 0 Å². The van der Waals surface area contributed by atoms with Crippen molar-refractivity contribution in [3.05, 3.63) is 0 Å². The molecule has 0 aromatic rings. The van der Waals surface area contributed by atoms with E-state index in [1.165, 1.54) is 28.2 Å². The van der Waals surface area contributed by atoms with Crippen LogP contribution >= 0.6 is 0 Å². The molecule has 0 aromatic heterocycles. The maximum absolute atomic E-state index is 2.23. The third kappa shape index (κ3) is 4.39. The fourth-order valence-corrected chi connectivity index (χ4v) is 0.500. The molecular formula is H8B6. The fourth-order valence-electron chi connectivity index (χ4n) is 0.500. The smallest absolute Gasteiger partial charge is 0.0383 e. The van der Waals surface area contributed by atoms with Crippen molar-refractivity contribution >= 4 is 43.7 Å². The average molecular weight is 72.9 g/mol. The third-order valence-corrected chi connectivity index (χ3v) is 0.957. The van der Waals surface area contributed by atoms with Gasteiger partial charge in [-0.2, -0.15) is 0 Å². The normalized spacial score (nSPS) is 6.00. The summed E-state index contributed by atoms with van der Waals surface area (Å²) < 4.78 is 0. The maximum atomic E-state index is 2.23. The van der Waals surface area contributed by atoms with Crippen molar-refractivity contribution in [3.8, 4) is 0 Å². The molecule has 0 atom stereocenters. The second-order valence-corrected chi connectivity index (χ2v) is 1.71. The lowest BCUT2D eigenvalue weighted by Crippen LogP contribution is -2.18. The predicted octanol–water partition coefficient (Wildman–Crippen LogP) is -4.43. The topological polar surface area (TPSA) is 0 Å². The summed E-state index contributed by atoms with van der Waals surface area (Å²) in [6.07, 6.45) is 0. The molecule has 0 aliphatic rings. The van der Waals surface area contributed by atoms with Crippen LogP contribution < -0.4 is 0 Å². The molecule has 0 amide bonds. The molecule has 6 heavy (non-hydrogen) atoms. The molecule has 0 radical (unpaired) electrons. The molecule has 0 N–H and O–H groups in total. The highest BCUT2D eigenvalue weighted by Crippen LogP contribution is 1.42. The molecule has 0 aromatic carbocycles. The lowest BCUT2D eigenvalue weighted by atomic mass is 9.01. The molecule has 0 bridgehead atoms. The fraction of sp³-hybridized carbons (Fsp3) is 0. The molecule has 0 rings (SSSR count). The second kappa shape index (κ2) is 5.39. The second-order valence-electron chi connectivity index (χ2n) is 1.71. The summed E-state index contributed by atoms with van der Waals surface area (Å²) in [5.74, 6) is 0. The van der Waals surface area contributed by atoms with Gasteiger partial charge in [0.1, 0.15) is 0 Å². The quantitative estimate of drug-likeness (QED) is 0.233. The van der Waals surface area contributed by atoms with E-state index in [0.717, 1.165) is 0 Å². The van der Waals surface area contributed by atoms with Crippen molar-refractivity contribution < 1.29 is 0 Å². The summed E-state index contributed by atoms with van der Waals surface area (Å²) >= 11 is 0. The van der Waals surface area contributed by atoms with Crippen LogP contribution in [0.2, 0.25) is 0 Å². The van der Waals surface area contributed by atoms with Gasteiger partial charge >= 0.3 is 0 Å². The molecule has 0 unspecified atom stereocenters. The Morgan fingerprint density at radius 3 is 1.33 bits per heavy atom. The molecule has 0 saturated heterocycles. The van der Waals surface area contributed by atoms with Crippen LogP contribution in [0.25, 0.3) is 0 Å². The van der Waals surface area contributed by atoms with E-state index < -0.39 is 0 Å². The highest BCUT2D eigenvalue weighted by Gasteiger charge is 1.85. The van der Waals surface area contributed by atoms with Crippen LogP contribution in [0.5, 0.6) is 0 Å². The summed E-state index contributed by atoms with van der Waals surface area (Å²) in [6.45, 7) is 0. The molecule has 0 nitrogen and oxygen atoms in total. The molecular weight excluding hydrogens is 64.9 g/mol. The molecule has 0 aliphatic heterocycles. The van der Waals surface area contributed by atoms with Crippen LogP contribution in [-0.2, 0) is 0 Å². The van der Waals surface area contributed by atoms with Crippen LogP contribution in [0, 0.1) is 0 Å². The maximum Gasteiger partial charge on any atom is 0.0597 e. The Bertz CT molecular complexity index is 12.0. The zero-order chi connectivity index (χ0) is 4.83. The van der Waals surface area contributed by atoms with Crippen LogP contribution in [0.3, 0.4) is 0 Å². The lowest BCUT2D eigenvalue weighted by molar-refractivity contribution is 3.95. The summed E-state index contributed by atoms with van der Waals surface area (Å²) in [4.78, 5) is 0. The van der Waals surface area contributed by atoms with Crippen molar-refractivity contribution in [3.63, 3.8) is 0 Å². The molecule has 0 saturated carbocycles. The van der Waals surface area contributed by atoms with Crippen molar-refractivity contribution in [2.24, 2.45) is 0 Å². The number of hydrogen-bond acceptors (Lipinski definition) is 0. The van der Waals surface area contributed by atoms with E-state index in [1.54, 1.807) is 0 Å². The van der Waals surface area contributed by atoms with Gasteiger partial charge in [0.05, 0.1) is 15.5 Å². The zero-order valence-electron chi connectivity index (χ0n) is 4.83. The van der Waals surface area contributed by atoms with E-state index in [9.17, 15) is 0 Å². The minimum atomic E-state index is 1.36. The Kier molecular flexibility index (Phi) is 5.74. The van der Waals surface area contributed by atoms with Gasteiger partial charge in [0.15, 0.2) is 0 Å². The Hall–Kier alpha value is 0.390. The Balaban J connectivity index is 2.34. The highest BCUT2D eigenvalue weighted by molar-refractivity contribution is 7.56. The van der Waals surface area contributed by atoms with Crippen LogP contribution in [-0.4, -0.2) is 43.7 Å². The van der Waals surface area contributed by atoms with E-state index in [-0.39, 0.29) is 0 Å². The van der Waals surface area contributed by atoms with Crippen molar-refractivity contribution in [2.75, 3.05) is 0 Å². The van der Waals surface area contributed by atoms with Crippen LogP contribution in [0.1, 0.15) is 0 Å². The van der Waals surface area contributed by atoms with Gasteiger partial charge in [-0.25, -0.2) is 0 Å². The van der Waals surface area contributed by atoms with Gasteiger partial charge < -0.3 is 0 Å². The molecule has 0 spiro atoms. The largest absolute Gasteiger partial charge is 0.0597 e. The minimum absolute atomic E-state index is 1.36. The van der Waals surface area contributed by atoms with Crippen molar-refractivity contribution in [2.45, 2.75) is 0 Å². The summed E-state index contributed by atoms with van der Waals surface area (Å²) in [5.41, 5.74) is 0. The average Bonchev–Trinajstić information content (AvgIpc) is 1.61. The SMILES string of the molecule is BBBBBB. The van der Waals surface area contributed by atoms with E-state index in [1.807, 2.05) is 0 Å². The van der Waals surface area contributed by atoms with Crippen molar-refractivity contribution in [1.29, 1.82) is 0 Å². The van der Waals surface area contributed by atoms with E-state index in [0.29, 0.717) is 0 Å². The summed E-state index contributed by atoms with van der Waals surface area (Å²) in [6, 6.07) is 0. The Morgan fingerprint density at radius 1 is 0.833 bits per heavy atom. The van der Waals surface area contributed by atoms with E-state index >= 15 is 0 Å². The van der Waals surface area contributed by atoms with Crippen LogP contribution in [0.4, 0.5) is 0 Å². The molecule has 0 heterocycles. The van der Waals surface area contributed by atoms with Gasteiger partial charge in [-0.15, -0.1) is 0 Å². The first-order chi connectivity index (χ1) is 2.91. The molecule has 26 valence electrons. The highest BCUT2D eigenvalue weighted by atomic mass is 12.6. The number of hydrogen-bond donors (Lipinski definition) is 0. The van der Waals surface area contributed by atoms with E-state index in [2.05, 4.69) is 15.5 Å². The van der Waals surface area contributed by atoms with Gasteiger partial charge in [-0.3, -0.25) is 0 Å². The standard InChI is InChI=1S/B6H8/c1-3-5-6-4-2/h3-6H,1-2H2. The minimum Gasteiger partial charge on any atom is 0.0383 e. The van der Waals surface area contributed by atoms with E-state index in [4.69, 9.17) is 0 Å². The Labute approximate surface area is 44.5 Å². The summed E-state index contributed by atoms with van der Waals surface area (Å²) in [5, 5.41) is 0. The summed E-state index contributed by atoms with van der Waals surface area (Å²) in [7, 11) is 10.0. The molecule has 6 heteroatoms. The van der Waals surface area contributed by atoms with Gasteiger partial charge in [0.25, 0.3) is 0 Å². The van der Waals surface area contributed by atoms with Gasteiger partial charge in [-0.1, -0.05) is 0 Å². The predicted molar refractivity (Wildman–Crippen MR) is 45.7 cm³/mol. The Morgan fingerprint density at radius 2 is 1.17 bits per heavy atom. The van der Waals surface area contributed by atoms with Gasteiger partial charge in [-0.05, 0) is 0 Å². The monoisotopic (exact) mass is 74.1 g/mol.